The number of hydrogen-bond donors (Lipinski definition) is 3. The van der Waals surface area contributed by atoms with Gasteiger partial charge in [0.1, 0.15) is 4.21 Å². The van der Waals surface area contributed by atoms with Crippen molar-refractivity contribution in [2.45, 2.75) is 36.2 Å². The van der Waals surface area contributed by atoms with Crippen LogP contribution in [0.1, 0.15) is 30.0 Å². The molecule has 3 amide bonds. The summed E-state index contributed by atoms with van der Waals surface area (Å²) in [5.41, 5.74) is 1.88. The Kier molecular flexibility index (Phi) is 9.05. The van der Waals surface area contributed by atoms with E-state index in [0.29, 0.717) is 17.7 Å². The first-order chi connectivity index (χ1) is 18.6. The lowest BCUT2D eigenvalue weighted by Crippen LogP contribution is -2.64. The molecule has 0 bridgehead atoms. The molecule has 2 unspecified atom stereocenters. The van der Waals surface area contributed by atoms with Crippen LogP contribution in [0.15, 0.2) is 74.7 Å². The van der Waals surface area contributed by atoms with Crippen LogP contribution in [-0.2, 0) is 19.6 Å². The van der Waals surface area contributed by atoms with Crippen LogP contribution in [0.4, 0.5) is 10.5 Å². The summed E-state index contributed by atoms with van der Waals surface area (Å²) in [5.74, 6) is -1.94. The van der Waals surface area contributed by atoms with E-state index in [1.165, 1.54) is 11.0 Å². The number of carboxylic acid groups (broad SMARTS) is 1. The molecule has 10 nitrogen and oxygen atoms in total. The second-order valence-corrected chi connectivity index (χ2v) is 13.0. The fraction of sp³-hybridized carbons (Fsp3) is 0.269. The van der Waals surface area contributed by atoms with Gasteiger partial charge in [0.05, 0.1) is 12.5 Å². The smallest absolute Gasteiger partial charge is 0.323 e. The number of rotatable bonds is 8. The van der Waals surface area contributed by atoms with Gasteiger partial charge in [-0.1, -0.05) is 57.9 Å². The first-order valence-corrected chi connectivity index (χ1v) is 15.1. The third-order valence-corrected chi connectivity index (χ3v) is 9.83. The standard InChI is InChI=1S/C26H27BrN4O6S2/c1-17-6-2-7-18(14-17)21(16-22(32)33)29-24(34)25-30(26(35)28-20-9-3-8-19(27)15-20)11-5-12-31(25)39(36,37)23-10-4-13-38-23/h2-4,6-10,13-15,21,25H,5,11-12,16H2,1H3,(H,28,35)(H,29,34)(H,32,33). The van der Waals surface area contributed by atoms with Crippen LogP contribution in [0.25, 0.3) is 0 Å². The number of thiophene rings is 1. The van der Waals surface area contributed by atoms with Crippen LogP contribution in [0.5, 0.6) is 0 Å². The lowest BCUT2D eigenvalue weighted by Gasteiger charge is -2.41. The number of sulfonamides is 1. The SMILES string of the molecule is Cc1cccc(C(CC(=O)O)NC(=O)C2N(C(=O)Nc3cccc(Br)c3)CCCN2S(=O)(=O)c2cccs2)c1. The highest BCUT2D eigenvalue weighted by atomic mass is 79.9. The van der Waals surface area contributed by atoms with Gasteiger partial charge in [-0.15, -0.1) is 11.3 Å². The zero-order valence-electron chi connectivity index (χ0n) is 20.9. The molecular formula is C26H27BrN4O6S2. The number of carbonyl (C=O) groups excluding carboxylic acids is 2. The van der Waals surface area contributed by atoms with Crippen LogP contribution in [0.3, 0.4) is 0 Å². The number of aryl methyl sites for hydroxylation is 1. The Morgan fingerprint density at radius 2 is 1.87 bits per heavy atom. The van der Waals surface area contributed by atoms with Gasteiger partial charge in [0.2, 0.25) is 0 Å². The predicted octanol–water partition coefficient (Wildman–Crippen LogP) is 4.41. The maximum atomic E-state index is 13.9. The van der Waals surface area contributed by atoms with Gasteiger partial charge in [0.25, 0.3) is 15.9 Å². The maximum Gasteiger partial charge on any atom is 0.323 e. The van der Waals surface area contributed by atoms with Gasteiger partial charge in [0.15, 0.2) is 6.17 Å². The summed E-state index contributed by atoms with van der Waals surface area (Å²) in [6, 6.07) is 15.3. The number of nitrogens with one attached hydrogen (secondary N) is 2. The Morgan fingerprint density at radius 1 is 1.10 bits per heavy atom. The van der Waals surface area contributed by atoms with Gasteiger partial charge in [-0.3, -0.25) is 14.5 Å². The third kappa shape index (κ3) is 6.85. The van der Waals surface area contributed by atoms with E-state index in [1.807, 2.05) is 13.0 Å². The summed E-state index contributed by atoms with van der Waals surface area (Å²) in [7, 11) is -4.14. The molecule has 0 spiro atoms. The van der Waals surface area contributed by atoms with E-state index in [0.717, 1.165) is 25.7 Å². The zero-order chi connectivity index (χ0) is 28.2. The average Bonchev–Trinajstić information content (AvgIpc) is 3.44. The van der Waals surface area contributed by atoms with Crippen molar-refractivity contribution in [1.82, 2.24) is 14.5 Å². The Bertz CT molecular complexity index is 1460. The first-order valence-electron chi connectivity index (χ1n) is 12.0. The summed E-state index contributed by atoms with van der Waals surface area (Å²) in [6.45, 7) is 1.96. The molecule has 0 aliphatic carbocycles. The number of aliphatic carboxylic acids is 1. The molecule has 4 rings (SSSR count). The van der Waals surface area contributed by atoms with Crippen molar-refractivity contribution in [3.63, 3.8) is 0 Å². The minimum Gasteiger partial charge on any atom is -0.481 e. The van der Waals surface area contributed by atoms with Gasteiger partial charge < -0.3 is 15.7 Å². The molecule has 2 aromatic carbocycles. The lowest BCUT2D eigenvalue weighted by atomic mass is 10.0. The number of anilines is 1. The summed E-state index contributed by atoms with van der Waals surface area (Å²) in [6.07, 6.45) is -1.67. The molecule has 39 heavy (non-hydrogen) atoms. The predicted molar refractivity (Wildman–Crippen MR) is 151 cm³/mol. The van der Waals surface area contributed by atoms with Gasteiger partial charge >= 0.3 is 12.0 Å². The van der Waals surface area contributed by atoms with Crippen molar-refractivity contribution in [3.8, 4) is 0 Å². The highest BCUT2D eigenvalue weighted by Gasteiger charge is 2.45. The van der Waals surface area contributed by atoms with Crippen LogP contribution < -0.4 is 10.6 Å². The van der Waals surface area contributed by atoms with Gasteiger partial charge in [0, 0.05) is 23.2 Å². The molecule has 3 aromatic rings. The first kappa shape index (κ1) is 28.7. The third-order valence-electron chi connectivity index (χ3n) is 6.11. The van der Waals surface area contributed by atoms with Crippen molar-refractivity contribution in [3.05, 3.63) is 81.6 Å². The summed E-state index contributed by atoms with van der Waals surface area (Å²) >= 11 is 4.36. The van der Waals surface area contributed by atoms with E-state index >= 15 is 0 Å². The molecule has 1 aliphatic rings. The Morgan fingerprint density at radius 3 is 2.54 bits per heavy atom. The number of benzene rings is 2. The normalized spacial score (nSPS) is 16.9. The van der Waals surface area contributed by atoms with Gasteiger partial charge in [-0.25, -0.2) is 13.2 Å². The number of carbonyl (C=O) groups is 3. The molecule has 0 saturated carbocycles. The Hall–Kier alpha value is -3.26. The molecule has 1 aliphatic heterocycles. The quantitative estimate of drug-likeness (QED) is 0.336. The second-order valence-electron chi connectivity index (χ2n) is 8.98. The van der Waals surface area contributed by atoms with Crippen LogP contribution in [0.2, 0.25) is 0 Å². The van der Waals surface area contributed by atoms with Gasteiger partial charge in [-0.05, 0) is 48.6 Å². The summed E-state index contributed by atoms with van der Waals surface area (Å²) in [4.78, 5) is 40.1. The number of urea groups is 1. The fourth-order valence-corrected chi connectivity index (χ4v) is 7.49. The lowest BCUT2D eigenvalue weighted by molar-refractivity contribution is -0.138. The maximum absolute atomic E-state index is 13.9. The van der Waals surface area contributed by atoms with Gasteiger partial charge in [-0.2, -0.15) is 4.31 Å². The summed E-state index contributed by atoms with van der Waals surface area (Å²) in [5, 5.41) is 16.6. The Balaban J connectivity index is 1.70. The molecule has 2 atom stereocenters. The van der Waals surface area contributed by atoms with Crippen LogP contribution in [-0.4, -0.2) is 59.9 Å². The largest absolute Gasteiger partial charge is 0.481 e. The fourth-order valence-electron chi connectivity index (χ4n) is 4.38. The molecule has 1 aromatic heterocycles. The van der Waals surface area contributed by atoms with E-state index < -0.39 is 46.6 Å². The van der Waals surface area contributed by atoms with Crippen molar-refractivity contribution in [2.24, 2.45) is 0 Å². The second kappa shape index (κ2) is 12.3. The highest BCUT2D eigenvalue weighted by Crippen LogP contribution is 2.29. The number of hydrogen-bond acceptors (Lipinski definition) is 6. The topological polar surface area (TPSA) is 136 Å². The molecule has 206 valence electrons. The van der Waals surface area contributed by atoms with Crippen molar-refractivity contribution >= 4 is 60.9 Å². The average molecular weight is 636 g/mol. The number of halogens is 1. The molecule has 1 saturated heterocycles. The van der Waals surface area contributed by atoms with Crippen LogP contribution in [0, 0.1) is 6.92 Å². The monoisotopic (exact) mass is 634 g/mol. The minimum absolute atomic E-state index is 0.00697. The molecular weight excluding hydrogens is 608 g/mol. The van der Waals surface area contributed by atoms with Crippen molar-refractivity contribution < 1.29 is 27.9 Å². The van der Waals surface area contributed by atoms with E-state index in [2.05, 4.69) is 26.6 Å². The summed E-state index contributed by atoms with van der Waals surface area (Å²) < 4.78 is 29.0. The molecule has 2 heterocycles. The van der Waals surface area contributed by atoms with E-state index in [4.69, 9.17) is 0 Å². The minimum atomic E-state index is -4.14. The van der Waals surface area contributed by atoms with Crippen LogP contribution >= 0.6 is 27.3 Å². The number of amides is 3. The van der Waals surface area contributed by atoms with E-state index in [-0.39, 0.29) is 17.3 Å². The Labute approximate surface area is 238 Å². The van der Waals surface area contributed by atoms with E-state index in [9.17, 15) is 27.9 Å². The number of carboxylic acids is 1. The highest BCUT2D eigenvalue weighted by molar-refractivity contribution is 9.10. The number of nitrogens with zero attached hydrogens (tertiary/aromatic N) is 2. The molecule has 3 N–H and O–H groups in total. The van der Waals surface area contributed by atoms with Crippen molar-refractivity contribution in [2.75, 3.05) is 18.4 Å². The van der Waals surface area contributed by atoms with E-state index in [1.54, 1.807) is 53.9 Å². The zero-order valence-corrected chi connectivity index (χ0v) is 24.1. The molecule has 1 fully saturated rings. The van der Waals surface area contributed by atoms with Crippen molar-refractivity contribution in [1.29, 1.82) is 0 Å². The molecule has 0 radical (unpaired) electrons. The molecule has 13 heteroatoms.